The number of benzene rings is 3. The van der Waals surface area contributed by atoms with Crippen molar-refractivity contribution in [3.8, 4) is 28.0 Å². The van der Waals surface area contributed by atoms with Crippen LogP contribution in [0.25, 0.3) is 22.3 Å². The number of carbonyl (C=O) groups excluding carboxylic acids is 3. The lowest BCUT2D eigenvalue weighted by Crippen LogP contribution is -2.29. The summed E-state index contributed by atoms with van der Waals surface area (Å²) in [4.78, 5) is 36.4. The van der Waals surface area contributed by atoms with Crippen LogP contribution in [0.4, 0.5) is 0 Å². The summed E-state index contributed by atoms with van der Waals surface area (Å²) in [5.41, 5.74) is 8.08. The molecule has 3 aromatic carbocycles. The van der Waals surface area contributed by atoms with Crippen molar-refractivity contribution in [2.24, 2.45) is 11.8 Å². The molecule has 0 heterocycles. The molecular formula is C46H54O7. The van der Waals surface area contributed by atoms with Gasteiger partial charge in [-0.25, -0.2) is 14.4 Å². The van der Waals surface area contributed by atoms with Gasteiger partial charge in [0.2, 0.25) is 0 Å². The van der Waals surface area contributed by atoms with Crippen molar-refractivity contribution < 1.29 is 33.3 Å². The summed E-state index contributed by atoms with van der Waals surface area (Å²) < 4.78 is 21.7. The van der Waals surface area contributed by atoms with Crippen molar-refractivity contribution >= 4 is 17.9 Å². The zero-order valence-corrected chi connectivity index (χ0v) is 31.6. The molecule has 7 heteroatoms. The molecule has 0 N–H and O–H groups in total. The lowest BCUT2D eigenvalue weighted by Gasteiger charge is -2.38. The van der Waals surface area contributed by atoms with Gasteiger partial charge >= 0.3 is 17.9 Å². The first kappa shape index (κ1) is 39.5. The van der Waals surface area contributed by atoms with Gasteiger partial charge in [-0.2, -0.15) is 0 Å². The smallest absolute Gasteiger partial charge is 0.341 e. The molecule has 7 nitrogen and oxygen atoms in total. The minimum absolute atomic E-state index is 0.00186. The number of methoxy groups -OCH3 is 1. The van der Waals surface area contributed by atoms with Crippen LogP contribution >= 0.6 is 0 Å². The van der Waals surface area contributed by atoms with Crippen LogP contribution in [0, 0.1) is 11.8 Å². The molecule has 0 unspecified atom stereocenters. The highest BCUT2D eigenvalue weighted by Gasteiger charge is 2.33. The summed E-state index contributed by atoms with van der Waals surface area (Å²) in [6.45, 7) is 15.0. The highest BCUT2D eigenvalue weighted by Crippen LogP contribution is 2.46. The van der Waals surface area contributed by atoms with Crippen molar-refractivity contribution in [2.45, 2.75) is 90.1 Å². The first-order chi connectivity index (χ1) is 25.5. The second kappa shape index (κ2) is 18.8. The molecule has 2 saturated carbocycles. The Bertz CT molecular complexity index is 1770. The number of esters is 3. The van der Waals surface area contributed by atoms with Gasteiger partial charge in [0.05, 0.1) is 18.8 Å². The topological polar surface area (TPSA) is 88.1 Å². The van der Waals surface area contributed by atoms with E-state index < -0.39 is 5.97 Å². The van der Waals surface area contributed by atoms with E-state index in [1.165, 1.54) is 18.2 Å². The van der Waals surface area contributed by atoms with Gasteiger partial charge in [-0.3, -0.25) is 0 Å². The number of hydrogen-bond acceptors (Lipinski definition) is 7. The molecule has 280 valence electrons. The number of rotatable bonds is 15. The first-order valence-corrected chi connectivity index (χ1v) is 18.9. The normalized spacial score (nSPS) is 19.8. The minimum Gasteiger partial charge on any atom is -0.462 e. The SMILES string of the molecule is C=C(C)C(=O)OCCCc1ccc(-c2ccc(-c3ccc(OC(=O)C(=C)COC)cc3C3CCC(C4CCC(OC(=O)C(=C)C)CC4)CC3)cc2)cc1. The molecule has 0 saturated heterocycles. The minimum atomic E-state index is -0.486. The van der Waals surface area contributed by atoms with E-state index in [4.69, 9.17) is 18.9 Å². The lowest BCUT2D eigenvalue weighted by molar-refractivity contribution is -0.146. The van der Waals surface area contributed by atoms with E-state index >= 15 is 0 Å². The van der Waals surface area contributed by atoms with Gasteiger partial charge in [0.15, 0.2) is 0 Å². The summed E-state index contributed by atoms with van der Waals surface area (Å²) in [7, 11) is 1.53. The van der Waals surface area contributed by atoms with E-state index in [9.17, 15) is 14.4 Å². The van der Waals surface area contributed by atoms with E-state index in [0.29, 0.717) is 41.3 Å². The first-order valence-electron chi connectivity index (χ1n) is 18.9. The molecule has 0 amide bonds. The summed E-state index contributed by atoms with van der Waals surface area (Å²) in [6, 6.07) is 23.2. The fourth-order valence-corrected chi connectivity index (χ4v) is 7.72. The van der Waals surface area contributed by atoms with Crippen molar-refractivity contribution in [2.75, 3.05) is 20.3 Å². The number of aryl methyl sites for hydroxylation is 1. The zero-order chi connectivity index (χ0) is 37.9. The van der Waals surface area contributed by atoms with Crippen molar-refractivity contribution in [1.29, 1.82) is 0 Å². The van der Waals surface area contributed by atoms with E-state index in [1.54, 1.807) is 13.8 Å². The van der Waals surface area contributed by atoms with Crippen LogP contribution in [0.3, 0.4) is 0 Å². The molecule has 0 spiro atoms. The molecule has 2 aliphatic rings. The zero-order valence-electron chi connectivity index (χ0n) is 31.6. The average molecular weight is 719 g/mol. The van der Waals surface area contributed by atoms with Crippen LogP contribution in [0.15, 0.2) is 103 Å². The Morgan fingerprint density at radius 2 is 1.25 bits per heavy atom. The van der Waals surface area contributed by atoms with E-state index in [2.05, 4.69) is 74.3 Å². The van der Waals surface area contributed by atoms with Crippen LogP contribution in [-0.2, 0) is 35.0 Å². The predicted molar refractivity (Wildman–Crippen MR) is 209 cm³/mol. The van der Waals surface area contributed by atoms with Crippen molar-refractivity contribution in [1.82, 2.24) is 0 Å². The molecule has 2 aliphatic carbocycles. The largest absolute Gasteiger partial charge is 0.462 e. The maximum absolute atomic E-state index is 12.7. The van der Waals surface area contributed by atoms with E-state index in [1.807, 2.05) is 12.1 Å². The predicted octanol–water partition coefficient (Wildman–Crippen LogP) is 10.1. The lowest BCUT2D eigenvalue weighted by atomic mass is 9.69. The second-order valence-corrected chi connectivity index (χ2v) is 14.8. The molecule has 0 aliphatic heterocycles. The molecular weight excluding hydrogens is 664 g/mol. The van der Waals surface area contributed by atoms with Gasteiger partial charge in [-0.1, -0.05) is 74.3 Å². The molecule has 5 rings (SSSR count). The van der Waals surface area contributed by atoms with Crippen LogP contribution in [-0.4, -0.2) is 44.3 Å². The monoisotopic (exact) mass is 718 g/mol. The van der Waals surface area contributed by atoms with Crippen LogP contribution in [0.1, 0.15) is 88.7 Å². The quantitative estimate of drug-likeness (QED) is 0.0669. The highest BCUT2D eigenvalue weighted by atomic mass is 16.5. The molecule has 2 fully saturated rings. The van der Waals surface area contributed by atoms with E-state index in [-0.39, 0.29) is 30.2 Å². The highest BCUT2D eigenvalue weighted by molar-refractivity contribution is 5.90. The average Bonchev–Trinajstić information content (AvgIpc) is 3.17. The van der Waals surface area contributed by atoms with Crippen LogP contribution < -0.4 is 4.74 Å². The molecule has 0 atom stereocenters. The summed E-state index contributed by atoms with van der Waals surface area (Å²) in [5.74, 6) is 1.06. The molecule has 3 aromatic rings. The number of carbonyl (C=O) groups is 3. The van der Waals surface area contributed by atoms with Crippen molar-refractivity contribution in [3.63, 3.8) is 0 Å². The molecule has 0 aromatic heterocycles. The Balaban J connectivity index is 1.26. The van der Waals surface area contributed by atoms with Crippen LogP contribution in [0.2, 0.25) is 0 Å². The fraction of sp³-hybridized carbons (Fsp3) is 0.413. The molecule has 0 radical (unpaired) electrons. The van der Waals surface area contributed by atoms with Gasteiger partial charge < -0.3 is 18.9 Å². The third-order valence-electron chi connectivity index (χ3n) is 10.7. The maximum atomic E-state index is 12.7. The van der Waals surface area contributed by atoms with E-state index in [0.717, 1.165) is 86.5 Å². The third-order valence-corrected chi connectivity index (χ3v) is 10.7. The van der Waals surface area contributed by atoms with Crippen molar-refractivity contribution in [3.05, 3.63) is 114 Å². The Hall–Kier alpha value is -4.75. The number of ether oxygens (including phenoxy) is 4. The molecule has 53 heavy (non-hydrogen) atoms. The Morgan fingerprint density at radius 1 is 0.679 bits per heavy atom. The van der Waals surface area contributed by atoms with Crippen LogP contribution in [0.5, 0.6) is 5.75 Å². The Morgan fingerprint density at radius 3 is 1.83 bits per heavy atom. The third kappa shape index (κ3) is 10.9. The summed E-state index contributed by atoms with van der Waals surface area (Å²) >= 11 is 0. The number of hydrogen-bond donors (Lipinski definition) is 0. The maximum Gasteiger partial charge on any atom is 0.341 e. The summed E-state index contributed by atoms with van der Waals surface area (Å²) in [6.07, 6.45) is 10.0. The second-order valence-electron chi connectivity index (χ2n) is 14.8. The van der Waals surface area contributed by atoms with Gasteiger partial charge in [0.25, 0.3) is 0 Å². The van der Waals surface area contributed by atoms with Gasteiger partial charge in [0, 0.05) is 18.3 Å². The Kier molecular flexibility index (Phi) is 14.0. The summed E-state index contributed by atoms with van der Waals surface area (Å²) in [5, 5.41) is 0. The fourth-order valence-electron chi connectivity index (χ4n) is 7.72. The van der Waals surface area contributed by atoms with Gasteiger partial charge in [-0.15, -0.1) is 0 Å². The standard InChI is InChI=1S/C46H54O7/c1-30(2)44(47)51-27-7-8-33-9-11-34(12-10-33)35-13-17-38(18-14-35)42-26-25-41(53-46(49)32(5)29-50-6)28-43(42)39-19-15-36(16-20-39)37-21-23-40(24-22-37)52-45(48)31(3)4/h9-14,17-18,25-26,28,36-37,39-40H,1,3,5,7-8,15-16,19-24,27,29H2,2,4,6H3. The van der Waals surface area contributed by atoms with Gasteiger partial charge in [0.1, 0.15) is 11.9 Å². The van der Waals surface area contributed by atoms with Gasteiger partial charge in [-0.05, 0) is 141 Å². The molecule has 0 bridgehead atoms. The Labute approximate surface area is 315 Å².